The molecule has 0 spiro atoms. The zero-order valence-electron chi connectivity index (χ0n) is 12.8. The zero-order valence-corrected chi connectivity index (χ0v) is 13.6. The summed E-state index contributed by atoms with van der Waals surface area (Å²) in [5.74, 6) is 0. The SMILES string of the molecule is CCOC(C)(CC)C(NC)c1c(Cl)cnn1C(C)C. The van der Waals surface area contributed by atoms with Crippen molar-refractivity contribution in [3.63, 3.8) is 0 Å². The summed E-state index contributed by atoms with van der Waals surface area (Å²) >= 11 is 6.35. The number of rotatable bonds is 7. The first-order chi connectivity index (χ1) is 8.91. The minimum absolute atomic E-state index is 0.00912. The fourth-order valence-electron chi connectivity index (χ4n) is 2.48. The fourth-order valence-corrected chi connectivity index (χ4v) is 2.72. The van der Waals surface area contributed by atoms with Crippen LogP contribution >= 0.6 is 11.6 Å². The molecule has 0 aliphatic carbocycles. The fraction of sp³-hybridized carbons (Fsp3) is 0.786. The lowest BCUT2D eigenvalue weighted by atomic mass is 9.90. The van der Waals surface area contributed by atoms with Gasteiger partial charge in [-0.3, -0.25) is 4.68 Å². The van der Waals surface area contributed by atoms with Crippen LogP contribution in [-0.2, 0) is 4.74 Å². The summed E-state index contributed by atoms with van der Waals surface area (Å²) in [5.41, 5.74) is 0.691. The van der Waals surface area contributed by atoms with Crippen molar-refractivity contribution in [1.82, 2.24) is 15.1 Å². The van der Waals surface area contributed by atoms with Gasteiger partial charge in [0.05, 0.1) is 28.6 Å². The normalized spacial score (nSPS) is 16.6. The molecule has 0 amide bonds. The van der Waals surface area contributed by atoms with Gasteiger partial charge in [-0.25, -0.2) is 0 Å². The van der Waals surface area contributed by atoms with Crippen LogP contribution in [0, 0.1) is 0 Å². The van der Waals surface area contributed by atoms with Gasteiger partial charge in [0.1, 0.15) is 0 Å². The zero-order chi connectivity index (χ0) is 14.6. The molecular weight excluding hydrogens is 262 g/mol. The highest BCUT2D eigenvalue weighted by atomic mass is 35.5. The summed E-state index contributed by atoms with van der Waals surface area (Å²) < 4.78 is 7.95. The van der Waals surface area contributed by atoms with Gasteiger partial charge in [-0.1, -0.05) is 18.5 Å². The average Bonchev–Trinajstić information content (AvgIpc) is 2.73. The van der Waals surface area contributed by atoms with Gasteiger partial charge >= 0.3 is 0 Å². The predicted octanol–water partition coefficient (Wildman–Crippen LogP) is 3.58. The molecule has 0 saturated carbocycles. The van der Waals surface area contributed by atoms with E-state index in [2.05, 4.69) is 38.1 Å². The maximum absolute atomic E-state index is 6.35. The Morgan fingerprint density at radius 3 is 2.53 bits per heavy atom. The molecule has 0 fully saturated rings. The number of likely N-dealkylation sites (N-methyl/N-ethyl adjacent to an activating group) is 1. The van der Waals surface area contributed by atoms with Gasteiger partial charge in [0.25, 0.3) is 0 Å². The average molecular weight is 288 g/mol. The Morgan fingerprint density at radius 1 is 1.47 bits per heavy atom. The largest absolute Gasteiger partial charge is 0.374 e. The number of ether oxygens (including phenoxy) is 1. The van der Waals surface area contributed by atoms with Gasteiger partial charge < -0.3 is 10.1 Å². The van der Waals surface area contributed by atoms with Crippen LogP contribution < -0.4 is 5.32 Å². The molecule has 0 bridgehead atoms. The van der Waals surface area contributed by atoms with E-state index < -0.39 is 0 Å². The summed E-state index contributed by atoms with van der Waals surface area (Å²) in [6, 6.07) is 0.274. The van der Waals surface area contributed by atoms with Crippen LogP contribution in [0.25, 0.3) is 0 Å². The van der Waals surface area contributed by atoms with Crippen molar-refractivity contribution >= 4 is 11.6 Å². The van der Waals surface area contributed by atoms with E-state index in [1.165, 1.54) is 0 Å². The first-order valence-electron chi connectivity index (χ1n) is 6.95. The van der Waals surface area contributed by atoms with Crippen molar-refractivity contribution in [3.05, 3.63) is 16.9 Å². The maximum atomic E-state index is 6.35. The number of hydrogen-bond acceptors (Lipinski definition) is 3. The molecule has 0 aliphatic heterocycles. The third kappa shape index (κ3) is 3.30. The summed E-state index contributed by atoms with van der Waals surface area (Å²) in [4.78, 5) is 0. The van der Waals surface area contributed by atoms with E-state index in [1.807, 2.05) is 18.7 Å². The van der Waals surface area contributed by atoms with E-state index >= 15 is 0 Å². The molecule has 1 aromatic heterocycles. The molecule has 0 radical (unpaired) electrons. The van der Waals surface area contributed by atoms with Crippen molar-refractivity contribution in [2.45, 2.75) is 58.7 Å². The number of halogens is 1. The summed E-state index contributed by atoms with van der Waals surface area (Å²) in [5, 5.41) is 8.42. The smallest absolute Gasteiger partial charge is 0.0861 e. The van der Waals surface area contributed by atoms with Gasteiger partial charge in [0.15, 0.2) is 0 Å². The Kier molecular flexibility index (Phi) is 5.83. The van der Waals surface area contributed by atoms with Gasteiger partial charge in [-0.2, -0.15) is 5.10 Å². The van der Waals surface area contributed by atoms with Gasteiger partial charge in [0.2, 0.25) is 0 Å². The summed E-state index contributed by atoms with van der Waals surface area (Å²) in [7, 11) is 1.94. The lowest BCUT2D eigenvalue weighted by molar-refractivity contribution is -0.0567. The van der Waals surface area contributed by atoms with Gasteiger partial charge in [-0.15, -0.1) is 0 Å². The van der Waals surface area contributed by atoms with Crippen LogP contribution in [0.4, 0.5) is 0 Å². The molecule has 0 saturated heterocycles. The van der Waals surface area contributed by atoms with E-state index in [4.69, 9.17) is 16.3 Å². The van der Waals surface area contributed by atoms with E-state index in [0.717, 1.165) is 12.1 Å². The summed E-state index contributed by atoms with van der Waals surface area (Å²) in [6.45, 7) is 11.1. The number of nitrogens with one attached hydrogen (secondary N) is 1. The second-order valence-electron chi connectivity index (χ2n) is 5.24. The monoisotopic (exact) mass is 287 g/mol. The molecule has 2 atom stereocenters. The minimum Gasteiger partial charge on any atom is -0.374 e. The Balaban J connectivity index is 3.26. The molecule has 0 aromatic carbocycles. The van der Waals surface area contributed by atoms with Crippen LogP contribution in [0.2, 0.25) is 5.02 Å². The highest BCUT2D eigenvalue weighted by Gasteiger charge is 2.37. The molecule has 1 N–H and O–H groups in total. The minimum atomic E-state index is -0.306. The molecule has 1 rings (SSSR count). The van der Waals surface area contributed by atoms with E-state index in [9.17, 15) is 0 Å². The van der Waals surface area contributed by atoms with Crippen molar-refractivity contribution in [3.8, 4) is 0 Å². The standard InChI is InChI=1S/C14H26ClN3O/c1-7-14(5,19-8-2)13(16-6)12-11(15)9-17-18(12)10(3)4/h9-10,13,16H,7-8H2,1-6H3. The number of nitrogens with zero attached hydrogens (tertiary/aromatic N) is 2. The number of aromatic nitrogens is 2. The van der Waals surface area contributed by atoms with Crippen LogP contribution in [0.3, 0.4) is 0 Å². The number of hydrogen-bond donors (Lipinski definition) is 1. The molecule has 19 heavy (non-hydrogen) atoms. The molecule has 110 valence electrons. The van der Waals surface area contributed by atoms with Gasteiger partial charge in [0, 0.05) is 12.6 Å². The lowest BCUT2D eigenvalue weighted by Gasteiger charge is -2.37. The molecule has 2 unspecified atom stereocenters. The highest BCUT2D eigenvalue weighted by Crippen LogP contribution is 2.36. The molecule has 1 aromatic rings. The van der Waals surface area contributed by atoms with E-state index in [0.29, 0.717) is 11.6 Å². The third-order valence-corrected chi connectivity index (χ3v) is 3.92. The van der Waals surface area contributed by atoms with Gasteiger partial charge in [-0.05, 0) is 41.2 Å². The second kappa shape index (κ2) is 6.73. The first-order valence-corrected chi connectivity index (χ1v) is 7.33. The predicted molar refractivity (Wildman–Crippen MR) is 79.7 cm³/mol. The topological polar surface area (TPSA) is 39.1 Å². The Bertz CT molecular complexity index is 405. The lowest BCUT2D eigenvalue weighted by Crippen LogP contribution is -2.43. The maximum Gasteiger partial charge on any atom is 0.0861 e. The van der Waals surface area contributed by atoms with Crippen molar-refractivity contribution < 1.29 is 4.74 Å². The van der Waals surface area contributed by atoms with Crippen LogP contribution in [-0.4, -0.2) is 29.0 Å². The Morgan fingerprint density at radius 2 is 2.11 bits per heavy atom. The van der Waals surface area contributed by atoms with E-state index in [-0.39, 0.29) is 17.7 Å². The summed E-state index contributed by atoms with van der Waals surface area (Å²) in [6.07, 6.45) is 2.61. The van der Waals surface area contributed by atoms with Crippen LogP contribution in [0.1, 0.15) is 58.8 Å². The van der Waals surface area contributed by atoms with Crippen LogP contribution in [0.5, 0.6) is 0 Å². The third-order valence-electron chi connectivity index (χ3n) is 3.62. The second-order valence-corrected chi connectivity index (χ2v) is 5.64. The molecule has 0 aliphatic rings. The molecule has 1 heterocycles. The van der Waals surface area contributed by atoms with Crippen LogP contribution in [0.15, 0.2) is 6.20 Å². The highest BCUT2D eigenvalue weighted by molar-refractivity contribution is 6.31. The van der Waals surface area contributed by atoms with E-state index in [1.54, 1.807) is 6.20 Å². The Hall–Kier alpha value is -0.580. The van der Waals surface area contributed by atoms with Crippen molar-refractivity contribution in [1.29, 1.82) is 0 Å². The first kappa shape index (κ1) is 16.5. The molecule has 4 nitrogen and oxygen atoms in total. The molecular formula is C14H26ClN3O. The quantitative estimate of drug-likeness (QED) is 0.833. The van der Waals surface area contributed by atoms with Crippen molar-refractivity contribution in [2.24, 2.45) is 0 Å². The Labute approximate surface area is 121 Å². The van der Waals surface area contributed by atoms with Crippen molar-refractivity contribution in [2.75, 3.05) is 13.7 Å². The molecule has 5 heteroatoms.